The fourth-order valence-corrected chi connectivity index (χ4v) is 5.16. The molecule has 2 amide bonds. The van der Waals surface area contributed by atoms with Crippen LogP contribution < -0.4 is 20.7 Å². The van der Waals surface area contributed by atoms with Crippen molar-refractivity contribution in [2.45, 2.75) is 12.0 Å². The van der Waals surface area contributed by atoms with Gasteiger partial charge in [0.25, 0.3) is 5.91 Å². The van der Waals surface area contributed by atoms with E-state index in [1.54, 1.807) is 25.6 Å². The number of methoxy groups -OCH3 is 1. The highest BCUT2D eigenvalue weighted by atomic mass is 35.5. The Morgan fingerprint density at radius 2 is 2.16 bits per heavy atom. The Labute approximate surface area is 225 Å². The number of rotatable bonds is 6. The Hall–Kier alpha value is -4.26. The minimum atomic E-state index is -0.683. The Bertz CT molecular complexity index is 1500. The van der Waals surface area contributed by atoms with Crippen LogP contribution in [0, 0.1) is 11.8 Å². The largest absolute Gasteiger partial charge is 0.493 e. The summed E-state index contributed by atoms with van der Waals surface area (Å²) in [4.78, 5) is 34.9. The molecule has 10 heteroatoms. The number of fused-ring (bicyclic) bond motifs is 1. The number of likely N-dealkylation sites (N-methyl/N-ethyl adjacent to an activating group) is 1. The number of likely N-dealkylation sites (tertiary alicyclic amines) is 1. The molecule has 9 nitrogen and oxygen atoms in total. The van der Waals surface area contributed by atoms with E-state index in [1.807, 2.05) is 25.2 Å². The Kier molecular flexibility index (Phi) is 6.85. The van der Waals surface area contributed by atoms with Gasteiger partial charge < -0.3 is 25.7 Å². The number of para-hydroxylation sites is 1. The molecule has 38 heavy (non-hydrogen) atoms. The first-order valence-electron chi connectivity index (χ1n) is 12.1. The minimum Gasteiger partial charge on any atom is -0.493 e. The lowest BCUT2D eigenvalue weighted by Crippen LogP contribution is -2.68. The molecule has 0 unspecified atom stereocenters. The molecule has 0 radical (unpaired) electrons. The monoisotopic (exact) mass is 530 g/mol. The minimum absolute atomic E-state index is 0.178. The molecule has 1 fully saturated rings. The maximum atomic E-state index is 13.0. The van der Waals surface area contributed by atoms with Crippen molar-refractivity contribution < 1.29 is 14.3 Å². The summed E-state index contributed by atoms with van der Waals surface area (Å²) in [5.41, 5.74) is 3.97. The molecule has 4 heterocycles. The standard InChI is InChI=1S/C28H27ClN6O3/c1-4-22(36)34-28(15-35(2)16-28)11-8-17-14-30-12-9-18(17)24-25(23-20(32-24)10-13-31-27(23)37)33-21-7-5-6-19(29)26(21)38-3/h4-7,9,12,14,32-33H,1,10,13,15-16H2,2-3H3,(H,31,37)(H,34,36). The SMILES string of the molecule is C=CC(=O)NC1(C#Cc2cnccc2-c2[nH]c3c(c2Nc2cccc(Cl)c2OC)C(=O)NCC3)CN(C)C1. The van der Waals surface area contributed by atoms with Gasteiger partial charge in [0.1, 0.15) is 5.54 Å². The first-order valence-corrected chi connectivity index (χ1v) is 12.4. The third-order valence-electron chi connectivity index (χ3n) is 6.55. The number of hydrogen-bond donors (Lipinski definition) is 4. The first kappa shape index (κ1) is 25.4. The van der Waals surface area contributed by atoms with E-state index < -0.39 is 5.54 Å². The molecule has 0 atom stereocenters. The molecule has 0 aliphatic carbocycles. The predicted molar refractivity (Wildman–Crippen MR) is 147 cm³/mol. The summed E-state index contributed by atoms with van der Waals surface area (Å²) in [5.74, 6) is 6.51. The molecule has 194 valence electrons. The summed E-state index contributed by atoms with van der Waals surface area (Å²) < 4.78 is 5.53. The van der Waals surface area contributed by atoms with E-state index in [0.29, 0.717) is 65.0 Å². The third-order valence-corrected chi connectivity index (χ3v) is 6.85. The summed E-state index contributed by atoms with van der Waals surface area (Å²) in [5, 5.41) is 9.71. The number of benzene rings is 1. The number of carbonyl (C=O) groups excluding carboxylic acids is 2. The zero-order chi connectivity index (χ0) is 26.9. The van der Waals surface area contributed by atoms with Crippen LogP contribution in [0.1, 0.15) is 21.6 Å². The summed E-state index contributed by atoms with van der Waals surface area (Å²) in [6, 6.07) is 7.23. The zero-order valence-corrected chi connectivity index (χ0v) is 21.8. The number of nitrogens with one attached hydrogen (secondary N) is 4. The topological polar surface area (TPSA) is 111 Å². The van der Waals surface area contributed by atoms with E-state index in [9.17, 15) is 9.59 Å². The fraction of sp³-hybridized carbons (Fsp3) is 0.250. The number of aromatic amines is 1. The quantitative estimate of drug-likeness (QED) is 0.288. The number of hydrogen-bond acceptors (Lipinski definition) is 6. The van der Waals surface area contributed by atoms with Crippen molar-refractivity contribution in [1.29, 1.82) is 0 Å². The van der Waals surface area contributed by atoms with Crippen molar-refractivity contribution in [3.8, 4) is 28.8 Å². The predicted octanol–water partition coefficient (Wildman–Crippen LogP) is 3.11. The van der Waals surface area contributed by atoms with Gasteiger partial charge in [0.15, 0.2) is 5.75 Å². The van der Waals surface area contributed by atoms with E-state index in [4.69, 9.17) is 16.3 Å². The van der Waals surface area contributed by atoms with Gasteiger partial charge in [-0.15, -0.1) is 0 Å². The number of anilines is 2. The van der Waals surface area contributed by atoms with Crippen molar-refractivity contribution in [1.82, 2.24) is 25.5 Å². The first-order chi connectivity index (χ1) is 18.3. The average molecular weight is 531 g/mol. The zero-order valence-electron chi connectivity index (χ0n) is 21.1. The summed E-state index contributed by atoms with van der Waals surface area (Å²) >= 11 is 6.37. The van der Waals surface area contributed by atoms with E-state index in [-0.39, 0.29) is 11.8 Å². The summed E-state index contributed by atoms with van der Waals surface area (Å²) in [6.07, 6.45) is 5.25. The normalized spacial score (nSPS) is 15.7. The van der Waals surface area contributed by atoms with E-state index in [0.717, 1.165) is 11.3 Å². The van der Waals surface area contributed by atoms with Gasteiger partial charge in [0, 0.05) is 49.7 Å². The molecule has 1 aromatic carbocycles. The molecule has 0 bridgehead atoms. The van der Waals surface area contributed by atoms with Gasteiger partial charge in [-0.25, -0.2) is 0 Å². The average Bonchev–Trinajstić information content (AvgIpc) is 3.26. The Morgan fingerprint density at radius 3 is 2.89 bits per heavy atom. The molecule has 2 aliphatic rings. The van der Waals surface area contributed by atoms with Crippen molar-refractivity contribution in [3.63, 3.8) is 0 Å². The van der Waals surface area contributed by atoms with Crippen LogP contribution >= 0.6 is 11.6 Å². The highest BCUT2D eigenvalue weighted by Crippen LogP contribution is 2.41. The van der Waals surface area contributed by atoms with Gasteiger partial charge in [-0.3, -0.25) is 19.5 Å². The maximum Gasteiger partial charge on any atom is 0.255 e. The molecule has 5 rings (SSSR count). The van der Waals surface area contributed by atoms with Crippen LogP contribution in [0.25, 0.3) is 11.3 Å². The van der Waals surface area contributed by atoms with Gasteiger partial charge in [0.2, 0.25) is 5.91 Å². The Morgan fingerprint density at radius 1 is 1.34 bits per heavy atom. The Balaban J connectivity index is 1.62. The molecular formula is C28H27ClN6O3. The number of halogens is 1. The summed E-state index contributed by atoms with van der Waals surface area (Å²) in [7, 11) is 3.51. The van der Waals surface area contributed by atoms with Crippen molar-refractivity contribution in [2.24, 2.45) is 0 Å². The number of ether oxygens (including phenoxy) is 1. The van der Waals surface area contributed by atoms with Crippen LogP contribution in [0.5, 0.6) is 5.75 Å². The number of amides is 2. The lowest BCUT2D eigenvalue weighted by Gasteiger charge is -2.45. The van der Waals surface area contributed by atoms with Gasteiger partial charge in [-0.2, -0.15) is 0 Å². The number of carbonyl (C=O) groups is 2. The molecule has 0 spiro atoms. The lowest BCUT2D eigenvalue weighted by molar-refractivity contribution is -0.119. The van der Waals surface area contributed by atoms with Crippen LogP contribution in [-0.2, 0) is 11.2 Å². The number of H-pyrrole nitrogens is 1. The molecule has 2 aromatic heterocycles. The van der Waals surface area contributed by atoms with Gasteiger partial charge >= 0.3 is 0 Å². The second kappa shape index (κ2) is 10.2. The molecule has 0 saturated carbocycles. The number of aromatic nitrogens is 2. The van der Waals surface area contributed by atoms with Crippen LogP contribution in [0.2, 0.25) is 5.02 Å². The van der Waals surface area contributed by atoms with Gasteiger partial charge in [0.05, 0.1) is 40.3 Å². The summed E-state index contributed by atoms with van der Waals surface area (Å²) in [6.45, 7) is 5.27. The molecule has 2 aliphatic heterocycles. The van der Waals surface area contributed by atoms with Crippen molar-refractivity contribution in [3.05, 3.63) is 71.2 Å². The second-order valence-electron chi connectivity index (χ2n) is 9.30. The number of pyridine rings is 1. The highest BCUT2D eigenvalue weighted by molar-refractivity contribution is 6.32. The molecule has 1 saturated heterocycles. The van der Waals surface area contributed by atoms with Crippen molar-refractivity contribution >= 4 is 34.8 Å². The van der Waals surface area contributed by atoms with Crippen molar-refractivity contribution in [2.75, 3.05) is 39.1 Å². The fourth-order valence-electron chi connectivity index (χ4n) is 4.91. The third kappa shape index (κ3) is 4.72. The second-order valence-corrected chi connectivity index (χ2v) is 9.71. The molecular weight excluding hydrogens is 504 g/mol. The van der Waals surface area contributed by atoms with E-state index in [1.165, 1.54) is 6.08 Å². The van der Waals surface area contributed by atoms with E-state index in [2.05, 4.69) is 49.2 Å². The van der Waals surface area contributed by atoms with Crippen LogP contribution in [-0.4, -0.2) is 66.0 Å². The molecule has 3 aromatic rings. The van der Waals surface area contributed by atoms with Crippen LogP contribution in [0.15, 0.2) is 49.3 Å². The molecule has 4 N–H and O–H groups in total. The smallest absolute Gasteiger partial charge is 0.255 e. The van der Waals surface area contributed by atoms with E-state index >= 15 is 0 Å². The van der Waals surface area contributed by atoms with Crippen LogP contribution in [0.4, 0.5) is 11.4 Å². The lowest BCUT2D eigenvalue weighted by atomic mass is 9.90. The number of nitrogens with zero attached hydrogens (tertiary/aromatic N) is 2. The van der Waals surface area contributed by atoms with Gasteiger partial charge in [-0.05, 0) is 31.3 Å². The van der Waals surface area contributed by atoms with Gasteiger partial charge in [-0.1, -0.05) is 36.1 Å². The maximum absolute atomic E-state index is 13.0. The highest BCUT2D eigenvalue weighted by Gasteiger charge is 2.40. The van der Waals surface area contributed by atoms with Crippen LogP contribution in [0.3, 0.4) is 0 Å².